The highest BCUT2D eigenvalue weighted by Gasteiger charge is 2.28. The van der Waals surface area contributed by atoms with Crippen LogP contribution in [0.2, 0.25) is 5.02 Å². The van der Waals surface area contributed by atoms with E-state index in [-0.39, 0.29) is 0 Å². The summed E-state index contributed by atoms with van der Waals surface area (Å²) in [6.45, 7) is 1.43. The lowest BCUT2D eigenvalue weighted by atomic mass is 9.95. The summed E-state index contributed by atoms with van der Waals surface area (Å²) in [5, 5.41) is 4.85. The van der Waals surface area contributed by atoms with Crippen molar-refractivity contribution in [3.8, 4) is 22.3 Å². The van der Waals surface area contributed by atoms with Gasteiger partial charge in [0.1, 0.15) is 0 Å². The van der Waals surface area contributed by atoms with Crippen LogP contribution in [0.3, 0.4) is 0 Å². The molecule has 2 heterocycles. The summed E-state index contributed by atoms with van der Waals surface area (Å²) < 4.78 is 40.2. The minimum atomic E-state index is -4.37. The molecule has 0 N–H and O–H groups in total. The van der Waals surface area contributed by atoms with Crippen LogP contribution in [-0.2, 0) is 6.54 Å². The molecule has 0 bridgehead atoms. The summed E-state index contributed by atoms with van der Waals surface area (Å²) in [5.74, 6) is 0. The summed E-state index contributed by atoms with van der Waals surface area (Å²) in [5.41, 5.74) is 3.90. The third kappa shape index (κ3) is 3.98. The first-order valence-corrected chi connectivity index (χ1v) is 9.63. The number of pyridine rings is 1. The molecule has 8 heteroatoms. The van der Waals surface area contributed by atoms with Gasteiger partial charge in [0, 0.05) is 16.8 Å². The molecule has 0 aliphatic rings. The number of rotatable bonds is 4. The van der Waals surface area contributed by atoms with Crippen LogP contribution in [0.25, 0.3) is 27.9 Å². The molecule has 0 fully saturated rings. The van der Waals surface area contributed by atoms with Gasteiger partial charge in [-0.15, -0.1) is 5.10 Å². The van der Waals surface area contributed by atoms with E-state index in [1.807, 2.05) is 43.3 Å². The van der Waals surface area contributed by atoms with E-state index in [9.17, 15) is 18.0 Å². The highest BCUT2D eigenvalue weighted by atomic mass is 35.5. The van der Waals surface area contributed by atoms with Gasteiger partial charge >= 0.3 is 11.9 Å². The Morgan fingerprint density at radius 2 is 1.60 bits per heavy atom. The van der Waals surface area contributed by atoms with Crippen molar-refractivity contribution in [3.05, 3.63) is 81.9 Å². The number of alkyl halides is 3. The quantitative estimate of drug-likeness (QED) is 0.413. The molecule has 0 spiro atoms. The van der Waals surface area contributed by atoms with E-state index in [1.54, 1.807) is 18.2 Å². The zero-order valence-corrected chi connectivity index (χ0v) is 16.7. The van der Waals surface area contributed by atoms with Crippen molar-refractivity contribution in [2.45, 2.75) is 26.1 Å². The highest BCUT2D eigenvalue weighted by Crippen LogP contribution is 2.35. The Bertz CT molecular complexity index is 1260. The fourth-order valence-corrected chi connectivity index (χ4v) is 3.46. The number of fused-ring (bicyclic) bond motifs is 1. The highest BCUT2D eigenvalue weighted by molar-refractivity contribution is 6.30. The molecule has 0 aliphatic carbocycles. The van der Waals surface area contributed by atoms with Crippen LogP contribution in [0, 0.1) is 6.92 Å². The van der Waals surface area contributed by atoms with Crippen LogP contribution in [0.15, 0.2) is 65.6 Å². The summed E-state index contributed by atoms with van der Waals surface area (Å²) in [6.07, 6.45) is -3.96. The SMILES string of the molecule is Cc1ccc(-c2c(-c3ccc(Cl)cc3)ccn3c(=O)n(CCC(F)(F)F)nc23)cc1. The van der Waals surface area contributed by atoms with Gasteiger partial charge in [0.25, 0.3) is 0 Å². The van der Waals surface area contributed by atoms with Gasteiger partial charge in [-0.2, -0.15) is 13.2 Å². The van der Waals surface area contributed by atoms with Gasteiger partial charge in [0.05, 0.1) is 13.0 Å². The number of aryl methyl sites for hydroxylation is 2. The zero-order chi connectivity index (χ0) is 21.5. The van der Waals surface area contributed by atoms with Crippen molar-refractivity contribution in [2.24, 2.45) is 0 Å². The Labute approximate surface area is 175 Å². The maximum atomic E-state index is 12.7. The van der Waals surface area contributed by atoms with Crippen molar-refractivity contribution < 1.29 is 13.2 Å². The van der Waals surface area contributed by atoms with Gasteiger partial charge in [0.2, 0.25) is 0 Å². The Morgan fingerprint density at radius 3 is 2.23 bits per heavy atom. The molecule has 154 valence electrons. The third-order valence-electron chi connectivity index (χ3n) is 4.86. The van der Waals surface area contributed by atoms with Crippen molar-refractivity contribution in [3.63, 3.8) is 0 Å². The maximum Gasteiger partial charge on any atom is 0.390 e. The average Bonchev–Trinajstić information content (AvgIpc) is 3.02. The molecule has 0 radical (unpaired) electrons. The molecule has 4 aromatic rings. The van der Waals surface area contributed by atoms with Crippen molar-refractivity contribution >= 4 is 17.2 Å². The number of benzene rings is 2. The predicted molar refractivity (Wildman–Crippen MR) is 111 cm³/mol. The van der Waals surface area contributed by atoms with Gasteiger partial charge in [-0.25, -0.2) is 13.9 Å². The fourth-order valence-electron chi connectivity index (χ4n) is 3.33. The van der Waals surface area contributed by atoms with Gasteiger partial charge in [-0.1, -0.05) is 53.6 Å². The lowest BCUT2D eigenvalue weighted by molar-refractivity contribution is -0.137. The topological polar surface area (TPSA) is 39.3 Å². The van der Waals surface area contributed by atoms with E-state index in [4.69, 9.17) is 11.6 Å². The minimum Gasteiger partial charge on any atom is -0.250 e. The largest absolute Gasteiger partial charge is 0.390 e. The second-order valence-corrected chi connectivity index (χ2v) is 7.48. The van der Waals surface area contributed by atoms with E-state index in [0.717, 1.165) is 26.9 Å². The molecular weight excluding hydrogens is 415 g/mol. The number of aromatic nitrogens is 3. The van der Waals surface area contributed by atoms with Gasteiger partial charge in [0.15, 0.2) is 5.65 Å². The fraction of sp³-hybridized carbons (Fsp3) is 0.182. The van der Waals surface area contributed by atoms with Crippen LogP contribution >= 0.6 is 11.6 Å². The molecule has 4 nitrogen and oxygen atoms in total. The summed E-state index contributed by atoms with van der Waals surface area (Å²) >= 11 is 6.01. The van der Waals surface area contributed by atoms with E-state index in [2.05, 4.69) is 5.10 Å². The van der Waals surface area contributed by atoms with E-state index >= 15 is 0 Å². The Morgan fingerprint density at radius 1 is 0.967 bits per heavy atom. The first kappa shape index (κ1) is 20.2. The normalized spacial score (nSPS) is 11.9. The molecule has 0 saturated heterocycles. The molecule has 0 saturated carbocycles. The van der Waals surface area contributed by atoms with Crippen LogP contribution < -0.4 is 5.69 Å². The van der Waals surface area contributed by atoms with E-state index in [1.165, 1.54) is 10.6 Å². The lowest BCUT2D eigenvalue weighted by Gasteiger charge is -2.12. The van der Waals surface area contributed by atoms with Crippen molar-refractivity contribution in [2.75, 3.05) is 0 Å². The van der Waals surface area contributed by atoms with Gasteiger partial charge in [-0.3, -0.25) is 0 Å². The second kappa shape index (κ2) is 7.65. The van der Waals surface area contributed by atoms with Crippen LogP contribution in [0.1, 0.15) is 12.0 Å². The average molecular weight is 432 g/mol. The Balaban J connectivity index is 1.95. The molecule has 0 atom stereocenters. The molecule has 0 unspecified atom stereocenters. The van der Waals surface area contributed by atoms with Crippen molar-refractivity contribution in [1.82, 2.24) is 14.2 Å². The first-order chi connectivity index (χ1) is 14.2. The predicted octanol–water partition coefficient (Wildman–Crippen LogP) is 5.74. The molecule has 0 amide bonds. The number of hydrogen-bond donors (Lipinski definition) is 0. The summed E-state index contributed by atoms with van der Waals surface area (Å²) in [4.78, 5) is 12.7. The molecular formula is C22H17ClF3N3O. The molecule has 4 rings (SSSR count). The minimum absolute atomic E-state index is 0.304. The van der Waals surface area contributed by atoms with E-state index < -0.39 is 24.8 Å². The molecule has 2 aromatic heterocycles. The molecule has 30 heavy (non-hydrogen) atoms. The Hall–Kier alpha value is -3.06. The number of nitrogens with zero attached hydrogens (tertiary/aromatic N) is 3. The smallest absolute Gasteiger partial charge is 0.250 e. The van der Waals surface area contributed by atoms with Crippen LogP contribution in [0.5, 0.6) is 0 Å². The van der Waals surface area contributed by atoms with Gasteiger partial charge < -0.3 is 0 Å². The molecule has 0 aliphatic heterocycles. The first-order valence-electron chi connectivity index (χ1n) is 9.25. The van der Waals surface area contributed by atoms with Crippen LogP contribution in [0.4, 0.5) is 13.2 Å². The monoisotopic (exact) mass is 431 g/mol. The van der Waals surface area contributed by atoms with Crippen LogP contribution in [-0.4, -0.2) is 20.4 Å². The lowest BCUT2D eigenvalue weighted by Crippen LogP contribution is -2.24. The third-order valence-corrected chi connectivity index (χ3v) is 5.11. The standard InChI is InChI=1S/C22H17ClF3N3O/c1-14-2-4-16(5-3-14)19-18(15-6-8-17(23)9-7-15)10-12-28-20(19)27-29(21(28)30)13-11-22(24,25)26/h2-10,12H,11,13H2,1H3. The zero-order valence-electron chi connectivity index (χ0n) is 15.9. The Kier molecular flexibility index (Phi) is 5.15. The maximum absolute atomic E-state index is 12.7. The number of halogens is 4. The van der Waals surface area contributed by atoms with Crippen molar-refractivity contribution in [1.29, 1.82) is 0 Å². The van der Waals surface area contributed by atoms with Gasteiger partial charge in [-0.05, 0) is 41.8 Å². The number of hydrogen-bond acceptors (Lipinski definition) is 2. The molecule has 2 aromatic carbocycles. The van der Waals surface area contributed by atoms with E-state index in [0.29, 0.717) is 16.2 Å². The summed E-state index contributed by atoms with van der Waals surface area (Å²) in [6, 6.07) is 16.7. The summed E-state index contributed by atoms with van der Waals surface area (Å²) in [7, 11) is 0. The second-order valence-electron chi connectivity index (χ2n) is 7.04.